The van der Waals surface area contributed by atoms with Crippen molar-refractivity contribution in [2.24, 2.45) is 0 Å². The normalized spacial score (nSPS) is 32.1. The van der Waals surface area contributed by atoms with E-state index in [0.717, 1.165) is 13.0 Å². The first-order chi connectivity index (χ1) is 5.27. The minimum Gasteiger partial charge on any atom is -0.380 e. The molecule has 11 heavy (non-hydrogen) atoms. The summed E-state index contributed by atoms with van der Waals surface area (Å²) in [5.41, 5.74) is 0. The van der Waals surface area contributed by atoms with E-state index in [1.807, 2.05) is 7.05 Å². The van der Waals surface area contributed by atoms with E-state index < -0.39 is 0 Å². The molecular formula is C8H14N2O. The van der Waals surface area contributed by atoms with Gasteiger partial charge in [-0.15, -0.1) is 0 Å². The Morgan fingerprint density at radius 2 is 2.45 bits per heavy atom. The Hall–Kier alpha value is -0.590. The summed E-state index contributed by atoms with van der Waals surface area (Å²) in [7, 11) is 3.77. The van der Waals surface area contributed by atoms with Gasteiger partial charge in [0.25, 0.3) is 0 Å². The molecule has 0 N–H and O–H groups in total. The smallest absolute Gasteiger partial charge is 0.0713 e. The SMILES string of the molecule is COC1C[C@@H](CC#N)N(C)C1. The fourth-order valence-corrected chi connectivity index (χ4v) is 1.54. The molecule has 0 bridgehead atoms. The quantitative estimate of drug-likeness (QED) is 0.585. The monoisotopic (exact) mass is 154 g/mol. The molecule has 0 aromatic heterocycles. The molecule has 0 amide bonds. The zero-order valence-corrected chi connectivity index (χ0v) is 7.08. The summed E-state index contributed by atoms with van der Waals surface area (Å²) in [6.07, 6.45) is 1.95. The van der Waals surface area contributed by atoms with E-state index in [4.69, 9.17) is 10.00 Å². The second-order valence-corrected chi connectivity index (χ2v) is 3.05. The highest BCUT2D eigenvalue weighted by Gasteiger charge is 2.28. The van der Waals surface area contributed by atoms with Crippen LogP contribution in [-0.4, -0.2) is 37.7 Å². The van der Waals surface area contributed by atoms with Gasteiger partial charge in [0.1, 0.15) is 0 Å². The zero-order chi connectivity index (χ0) is 8.27. The van der Waals surface area contributed by atoms with Crippen LogP contribution in [-0.2, 0) is 4.74 Å². The van der Waals surface area contributed by atoms with Crippen molar-refractivity contribution < 1.29 is 4.74 Å². The van der Waals surface area contributed by atoms with Crippen molar-refractivity contribution in [3.05, 3.63) is 0 Å². The zero-order valence-electron chi connectivity index (χ0n) is 7.08. The maximum atomic E-state index is 8.49. The molecule has 2 atom stereocenters. The third-order valence-corrected chi connectivity index (χ3v) is 2.31. The number of rotatable bonds is 2. The van der Waals surface area contributed by atoms with Crippen LogP contribution in [0.15, 0.2) is 0 Å². The van der Waals surface area contributed by atoms with Gasteiger partial charge in [0.2, 0.25) is 0 Å². The Morgan fingerprint density at radius 1 is 1.73 bits per heavy atom. The highest BCUT2D eigenvalue weighted by molar-refractivity contribution is 4.89. The summed E-state index contributed by atoms with van der Waals surface area (Å²) in [4.78, 5) is 2.19. The number of hydrogen-bond donors (Lipinski definition) is 0. The minimum atomic E-state index is 0.332. The van der Waals surface area contributed by atoms with Crippen molar-refractivity contribution in [3.63, 3.8) is 0 Å². The van der Waals surface area contributed by atoms with Crippen LogP contribution in [0, 0.1) is 11.3 Å². The van der Waals surface area contributed by atoms with E-state index in [1.54, 1.807) is 7.11 Å². The minimum absolute atomic E-state index is 0.332. The molecule has 1 aliphatic heterocycles. The van der Waals surface area contributed by atoms with Crippen LogP contribution in [0.2, 0.25) is 0 Å². The average molecular weight is 154 g/mol. The Morgan fingerprint density at radius 3 is 2.91 bits per heavy atom. The summed E-state index contributed by atoms with van der Waals surface area (Å²) in [5.74, 6) is 0. The maximum Gasteiger partial charge on any atom is 0.0713 e. The topological polar surface area (TPSA) is 36.3 Å². The molecule has 0 aromatic rings. The lowest BCUT2D eigenvalue weighted by Gasteiger charge is -2.14. The molecule has 1 saturated heterocycles. The molecule has 0 aliphatic carbocycles. The van der Waals surface area contributed by atoms with Gasteiger partial charge >= 0.3 is 0 Å². The molecule has 1 rings (SSSR count). The molecule has 1 unspecified atom stereocenters. The molecule has 0 saturated carbocycles. The Labute approximate surface area is 67.6 Å². The van der Waals surface area contributed by atoms with E-state index in [-0.39, 0.29) is 0 Å². The van der Waals surface area contributed by atoms with Crippen LogP contribution in [0.4, 0.5) is 0 Å². The largest absolute Gasteiger partial charge is 0.380 e. The third kappa shape index (κ3) is 1.92. The summed E-state index contributed by atoms with van der Waals surface area (Å²) in [6, 6.07) is 2.59. The lowest BCUT2D eigenvalue weighted by Crippen LogP contribution is -2.24. The molecule has 62 valence electrons. The van der Waals surface area contributed by atoms with E-state index >= 15 is 0 Å². The number of nitrogens with zero attached hydrogens (tertiary/aromatic N) is 2. The predicted octanol–water partition coefficient (Wildman–Crippen LogP) is 0.619. The van der Waals surface area contributed by atoms with Gasteiger partial charge in [0.05, 0.1) is 18.6 Å². The van der Waals surface area contributed by atoms with E-state index in [9.17, 15) is 0 Å². The first kappa shape index (κ1) is 8.51. The van der Waals surface area contributed by atoms with Crippen LogP contribution in [0.25, 0.3) is 0 Å². The van der Waals surface area contributed by atoms with Crippen molar-refractivity contribution in [2.75, 3.05) is 20.7 Å². The van der Waals surface area contributed by atoms with Crippen LogP contribution in [0.3, 0.4) is 0 Å². The van der Waals surface area contributed by atoms with Crippen molar-refractivity contribution in [1.29, 1.82) is 5.26 Å². The van der Waals surface area contributed by atoms with Crippen molar-refractivity contribution in [2.45, 2.75) is 25.0 Å². The fourth-order valence-electron chi connectivity index (χ4n) is 1.54. The van der Waals surface area contributed by atoms with Crippen molar-refractivity contribution in [3.8, 4) is 6.07 Å². The first-order valence-corrected chi connectivity index (χ1v) is 3.88. The number of ether oxygens (including phenoxy) is 1. The molecule has 1 heterocycles. The summed E-state index contributed by atoms with van der Waals surface area (Å²) < 4.78 is 5.21. The lowest BCUT2D eigenvalue weighted by molar-refractivity contribution is 0.111. The van der Waals surface area contributed by atoms with E-state index in [2.05, 4.69) is 11.0 Å². The van der Waals surface area contributed by atoms with Crippen LogP contribution >= 0.6 is 0 Å². The van der Waals surface area contributed by atoms with Crippen LogP contribution < -0.4 is 0 Å². The van der Waals surface area contributed by atoms with Gasteiger partial charge in [-0.05, 0) is 13.5 Å². The first-order valence-electron chi connectivity index (χ1n) is 3.88. The number of nitriles is 1. The van der Waals surface area contributed by atoms with Gasteiger partial charge in [-0.3, -0.25) is 4.90 Å². The summed E-state index contributed by atoms with van der Waals surface area (Å²) in [5, 5.41) is 8.49. The van der Waals surface area contributed by atoms with Gasteiger partial charge in [-0.1, -0.05) is 0 Å². The average Bonchev–Trinajstić information content (AvgIpc) is 2.33. The van der Waals surface area contributed by atoms with Gasteiger partial charge in [-0.2, -0.15) is 5.26 Å². The molecule has 0 radical (unpaired) electrons. The van der Waals surface area contributed by atoms with Crippen molar-refractivity contribution in [1.82, 2.24) is 4.90 Å². The van der Waals surface area contributed by atoms with Crippen LogP contribution in [0.1, 0.15) is 12.8 Å². The van der Waals surface area contributed by atoms with Gasteiger partial charge in [0.15, 0.2) is 0 Å². The van der Waals surface area contributed by atoms with Gasteiger partial charge in [0, 0.05) is 19.7 Å². The second-order valence-electron chi connectivity index (χ2n) is 3.05. The Bertz CT molecular complexity index is 164. The number of likely N-dealkylation sites (tertiary alicyclic amines) is 1. The number of likely N-dealkylation sites (N-methyl/N-ethyl adjacent to an activating group) is 1. The highest BCUT2D eigenvalue weighted by atomic mass is 16.5. The van der Waals surface area contributed by atoms with Crippen LogP contribution in [0.5, 0.6) is 0 Å². The molecular weight excluding hydrogens is 140 g/mol. The third-order valence-electron chi connectivity index (χ3n) is 2.31. The standard InChI is InChI=1S/C8H14N2O/c1-10-6-8(11-2)5-7(10)3-4-9/h7-8H,3,5-6H2,1-2H3/t7-,8?/m1/s1. The lowest BCUT2D eigenvalue weighted by atomic mass is 10.1. The molecule has 3 heteroatoms. The van der Waals surface area contributed by atoms with E-state index in [1.165, 1.54) is 0 Å². The second kappa shape index (κ2) is 3.70. The maximum absolute atomic E-state index is 8.49. The molecule has 0 aromatic carbocycles. The molecule has 1 fully saturated rings. The highest BCUT2D eigenvalue weighted by Crippen LogP contribution is 2.19. The Kier molecular flexibility index (Phi) is 2.86. The van der Waals surface area contributed by atoms with Gasteiger partial charge in [-0.25, -0.2) is 0 Å². The van der Waals surface area contributed by atoms with Crippen molar-refractivity contribution >= 4 is 0 Å². The molecule has 1 aliphatic rings. The fraction of sp³-hybridized carbons (Fsp3) is 0.875. The summed E-state index contributed by atoms with van der Waals surface area (Å²) in [6.45, 7) is 0.961. The summed E-state index contributed by atoms with van der Waals surface area (Å²) >= 11 is 0. The van der Waals surface area contributed by atoms with Gasteiger partial charge < -0.3 is 4.74 Å². The Balaban J connectivity index is 2.39. The number of hydrogen-bond acceptors (Lipinski definition) is 3. The van der Waals surface area contributed by atoms with E-state index in [0.29, 0.717) is 18.6 Å². The predicted molar refractivity (Wildman–Crippen MR) is 42.1 cm³/mol. The molecule has 3 nitrogen and oxygen atoms in total. The number of methoxy groups -OCH3 is 1. The molecule has 0 spiro atoms.